The molecule has 0 radical (unpaired) electrons. The van der Waals surface area contributed by atoms with Gasteiger partial charge in [-0.2, -0.15) is 0 Å². The molecule has 3 rings (SSSR count). The van der Waals surface area contributed by atoms with Gasteiger partial charge in [0.25, 0.3) is 0 Å². The van der Waals surface area contributed by atoms with Crippen molar-refractivity contribution < 1.29 is 13.9 Å². The van der Waals surface area contributed by atoms with Crippen LogP contribution in [0.1, 0.15) is 5.56 Å². The molecule has 18 heavy (non-hydrogen) atoms. The summed E-state index contributed by atoms with van der Waals surface area (Å²) < 4.78 is 25.9. The molecule has 0 spiro atoms. The highest BCUT2D eigenvalue weighted by atomic mass is 79.9. The van der Waals surface area contributed by atoms with E-state index in [9.17, 15) is 4.39 Å². The summed E-state index contributed by atoms with van der Waals surface area (Å²) in [5, 5.41) is 3.42. The number of benzene rings is 1. The summed E-state index contributed by atoms with van der Waals surface area (Å²) in [7, 11) is 0. The van der Waals surface area contributed by atoms with Gasteiger partial charge in [0.1, 0.15) is 5.82 Å². The van der Waals surface area contributed by atoms with Gasteiger partial charge in [0, 0.05) is 22.6 Å². The van der Waals surface area contributed by atoms with Gasteiger partial charge in [0.05, 0.1) is 31.8 Å². The summed E-state index contributed by atoms with van der Waals surface area (Å²) in [6, 6.07) is 5.19. The van der Waals surface area contributed by atoms with Crippen molar-refractivity contribution in [2.75, 3.05) is 33.0 Å². The Morgan fingerprint density at radius 2 is 2.17 bits per heavy atom. The van der Waals surface area contributed by atoms with Crippen LogP contribution in [0.3, 0.4) is 0 Å². The molecule has 0 amide bonds. The molecule has 1 N–H and O–H groups in total. The molecule has 1 atom stereocenters. The smallest absolute Gasteiger partial charge is 0.127 e. The highest BCUT2D eigenvalue weighted by Crippen LogP contribution is 2.39. The van der Waals surface area contributed by atoms with Gasteiger partial charge in [0.15, 0.2) is 0 Å². The Hall–Kier alpha value is -0.490. The van der Waals surface area contributed by atoms with E-state index in [0.717, 1.165) is 11.0 Å². The summed E-state index contributed by atoms with van der Waals surface area (Å²) in [5.74, 6) is -0.172. The molecule has 1 aromatic rings. The van der Waals surface area contributed by atoms with E-state index in [1.807, 2.05) is 6.07 Å². The lowest BCUT2D eigenvalue weighted by Gasteiger charge is -2.49. The van der Waals surface area contributed by atoms with Crippen LogP contribution < -0.4 is 5.32 Å². The molecule has 1 unspecified atom stereocenters. The van der Waals surface area contributed by atoms with Crippen molar-refractivity contribution in [2.24, 2.45) is 0 Å². The quantitative estimate of drug-likeness (QED) is 0.903. The number of nitrogens with one attached hydrogen (secondary N) is 1. The third kappa shape index (κ3) is 1.99. The second-order valence-corrected chi connectivity index (χ2v) is 5.77. The van der Waals surface area contributed by atoms with E-state index < -0.39 is 0 Å². The fraction of sp³-hybridized carbons (Fsp3) is 0.538. The van der Waals surface area contributed by atoms with Crippen molar-refractivity contribution >= 4 is 15.9 Å². The summed E-state index contributed by atoms with van der Waals surface area (Å²) in [4.78, 5) is 0. The van der Waals surface area contributed by atoms with Crippen molar-refractivity contribution in [3.63, 3.8) is 0 Å². The molecule has 0 aliphatic carbocycles. The van der Waals surface area contributed by atoms with Crippen LogP contribution in [0.4, 0.5) is 4.39 Å². The van der Waals surface area contributed by atoms with E-state index in [-0.39, 0.29) is 17.3 Å². The molecule has 2 saturated heterocycles. The number of morpholine rings is 1. The molecule has 0 bridgehead atoms. The van der Waals surface area contributed by atoms with Crippen molar-refractivity contribution in [1.82, 2.24) is 5.32 Å². The van der Waals surface area contributed by atoms with Crippen molar-refractivity contribution in [3.05, 3.63) is 34.1 Å². The van der Waals surface area contributed by atoms with Crippen LogP contribution in [0.15, 0.2) is 22.7 Å². The minimum absolute atomic E-state index is 0.115. The highest BCUT2D eigenvalue weighted by molar-refractivity contribution is 9.10. The molecule has 2 aliphatic heterocycles. The van der Waals surface area contributed by atoms with E-state index in [1.165, 1.54) is 6.07 Å². The second-order valence-electron chi connectivity index (χ2n) is 4.85. The Labute approximate surface area is 114 Å². The number of hydrogen-bond acceptors (Lipinski definition) is 3. The minimum Gasteiger partial charge on any atom is -0.379 e. The summed E-state index contributed by atoms with van der Waals surface area (Å²) >= 11 is 3.41. The molecule has 5 heteroatoms. The lowest BCUT2D eigenvalue weighted by molar-refractivity contribution is -0.102. The Morgan fingerprint density at radius 1 is 1.33 bits per heavy atom. The predicted molar refractivity (Wildman–Crippen MR) is 69.2 cm³/mol. The van der Waals surface area contributed by atoms with Gasteiger partial charge >= 0.3 is 0 Å². The maximum Gasteiger partial charge on any atom is 0.127 e. The first-order chi connectivity index (χ1) is 8.72. The van der Waals surface area contributed by atoms with Gasteiger partial charge < -0.3 is 14.8 Å². The molecule has 0 aromatic heterocycles. The zero-order valence-corrected chi connectivity index (χ0v) is 11.5. The van der Waals surface area contributed by atoms with Crippen LogP contribution in [0, 0.1) is 5.82 Å². The van der Waals surface area contributed by atoms with Crippen LogP contribution in [0.25, 0.3) is 0 Å². The van der Waals surface area contributed by atoms with E-state index in [2.05, 4.69) is 21.2 Å². The summed E-state index contributed by atoms with van der Waals surface area (Å²) in [6.07, 6.45) is 0. The SMILES string of the molecule is Fc1ccc(Br)cc1C1(C2COCCN2)COC1. The van der Waals surface area contributed by atoms with Gasteiger partial charge in [-0.3, -0.25) is 0 Å². The molecule has 2 fully saturated rings. The van der Waals surface area contributed by atoms with Gasteiger partial charge in [-0.15, -0.1) is 0 Å². The van der Waals surface area contributed by atoms with Gasteiger partial charge in [-0.1, -0.05) is 15.9 Å². The van der Waals surface area contributed by atoms with Crippen LogP contribution in [0.5, 0.6) is 0 Å². The predicted octanol–water partition coefficient (Wildman–Crippen LogP) is 1.84. The lowest BCUT2D eigenvalue weighted by Crippen LogP contribution is -2.64. The fourth-order valence-corrected chi connectivity index (χ4v) is 3.03. The maximum absolute atomic E-state index is 14.1. The molecule has 2 aliphatic rings. The Balaban J connectivity index is 1.97. The van der Waals surface area contributed by atoms with Gasteiger partial charge in [-0.25, -0.2) is 4.39 Å². The van der Waals surface area contributed by atoms with Crippen molar-refractivity contribution in [1.29, 1.82) is 0 Å². The normalized spacial score (nSPS) is 26.7. The average molecular weight is 316 g/mol. The first kappa shape index (κ1) is 12.5. The van der Waals surface area contributed by atoms with Crippen LogP contribution >= 0.6 is 15.9 Å². The van der Waals surface area contributed by atoms with Crippen LogP contribution in [0.2, 0.25) is 0 Å². The second kappa shape index (κ2) is 4.89. The molecule has 98 valence electrons. The molecule has 3 nitrogen and oxygen atoms in total. The number of halogens is 2. The first-order valence-electron chi connectivity index (χ1n) is 6.07. The third-order valence-electron chi connectivity index (χ3n) is 3.77. The standard InChI is InChI=1S/C13H15BrFNO2/c14-9-1-2-11(15)10(5-9)13(7-18-8-13)12-6-17-4-3-16-12/h1-2,5,12,16H,3-4,6-8H2. The zero-order valence-electron chi connectivity index (χ0n) is 9.92. The summed E-state index contributed by atoms with van der Waals surface area (Å²) in [6.45, 7) is 3.22. The number of ether oxygens (including phenoxy) is 2. The number of hydrogen-bond donors (Lipinski definition) is 1. The fourth-order valence-electron chi connectivity index (χ4n) is 2.67. The molecule has 0 saturated carbocycles. The number of rotatable bonds is 2. The molecular formula is C13H15BrFNO2. The van der Waals surface area contributed by atoms with Crippen molar-refractivity contribution in [3.8, 4) is 0 Å². The highest BCUT2D eigenvalue weighted by Gasteiger charge is 2.49. The molecular weight excluding hydrogens is 301 g/mol. The summed E-state index contributed by atoms with van der Waals surface area (Å²) in [5.41, 5.74) is 0.417. The maximum atomic E-state index is 14.1. The average Bonchev–Trinajstić information content (AvgIpc) is 2.34. The Bertz CT molecular complexity index is 445. The zero-order chi connectivity index (χ0) is 12.6. The van der Waals surface area contributed by atoms with E-state index in [1.54, 1.807) is 6.07 Å². The lowest BCUT2D eigenvalue weighted by atomic mass is 9.72. The third-order valence-corrected chi connectivity index (χ3v) is 4.27. The topological polar surface area (TPSA) is 30.5 Å². The largest absolute Gasteiger partial charge is 0.379 e. The van der Waals surface area contributed by atoms with E-state index in [4.69, 9.17) is 9.47 Å². The monoisotopic (exact) mass is 315 g/mol. The van der Waals surface area contributed by atoms with E-state index in [0.29, 0.717) is 32.0 Å². The first-order valence-corrected chi connectivity index (χ1v) is 6.86. The van der Waals surface area contributed by atoms with Crippen LogP contribution in [-0.2, 0) is 14.9 Å². The minimum atomic E-state index is -0.297. The molecule has 2 heterocycles. The van der Waals surface area contributed by atoms with Crippen molar-refractivity contribution in [2.45, 2.75) is 11.5 Å². The molecule has 1 aromatic carbocycles. The Kier molecular flexibility index (Phi) is 3.40. The van der Waals surface area contributed by atoms with Gasteiger partial charge in [-0.05, 0) is 18.2 Å². The van der Waals surface area contributed by atoms with Gasteiger partial charge in [0.2, 0.25) is 0 Å². The van der Waals surface area contributed by atoms with E-state index >= 15 is 0 Å². The van der Waals surface area contributed by atoms with Crippen LogP contribution in [-0.4, -0.2) is 39.0 Å². The Morgan fingerprint density at radius 3 is 2.78 bits per heavy atom.